The Kier molecular flexibility index (Phi) is 4.29. The average Bonchev–Trinajstić information content (AvgIpc) is 3.31. The fourth-order valence-electron chi connectivity index (χ4n) is 4.47. The summed E-state index contributed by atoms with van der Waals surface area (Å²) >= 11 is 0. The Morgan fingerprint density at radius 1 is 0.818 bits per heavy atom. The van der Waals surface area contributed by atoms with Gasteiger partial charge in [0.2, 0.25) is 0 Å². The molecule has 0 spiro atoms. The first-order valence-corrected chi connectivity index (χ1v) is 10.7. The maximum atomic E-state index is 6.83. The van der Waals surface area contributed by atoms with Gasteiger partial charge in [-0.05, 0) is 30.3 Å². The number of nitrogen functional groups attached to an aromatic ring is 1. The molecule has 0 unspecified atom stereocenters. The van der Waals surface area contributed by atoms with Crippen LogP contribution in [-0.4, -0.2) is 31.2 Å². The second kappa shape index (κ2) is 7.34. The summed E-state index contributed by atoms with van der Waals surface area (Å²) in [6.07, 6.45) is 0. The molecular formula is C26H22N6O. The second-order valence-electron chi connectivity index (χ2n) is 8.03. The van der Waals surface area contributed by atoms with E-state index >= 15 is 0 Å². The molecular weight excluding hydrogens is 412 g/mol. The molecule has 162 valence electrons. The highest BCUT2D eigenvalue weighted by Crippen LogP contribution is 2.37. The van der Waals surface area contributed by atoms with Gasteiger partial charge in [0.15, 0.2) is 5.65 Å². The molecule has 7 nitrogen and oxygen atoms in total. The van der Waals surface area contributed by atoms with Crippen molar-refractivity contribution in [1.82, 2.24) is 24.1 Å². The van der Waals surface area contributed by atoms with Gasteiger partial charge in [0.1, 0.15) is 22.9 Å². The van der Waals surface area contributed by atoms with Crippen molar-refractivity contribution in [2.75, 3.05) is 12.8 Å². The Morgan fingerprint density at radius 2 is 1.48 bits per heavy atom. The highest BCUT2D eigenvalue weighted by atomic mass is 16.5. The normalized spacial score (nSPS) is 11.6. The number of rotatable bonds is 4. The fourth-order valence-corrected chi connectivity index (χ4v) is 4.47. The molecule has 2 N–H and O–H groups in total. The van der Waals surface area contributed by atoms with Gasteiger partial charge in [-0.15, -0.1) is 0 Å². The topological polar surface area (TPSA) is 83.8 Å². The first kappa shape index (κ1) is 19.3. The zero-order valence-electron chi connectivity index (χ0n) is 18.4. The van der Waals surface area contributed by atoms with Crippen LogP contribution in [0.4, 0.5) is 5.82 Å². The lowest BCUT2D eigenvalue weighted by molar-refractivity contribution is 0.408. The molecule has 0 aliphatic heterocycles. The van der Waals surface area contributed by atoms with Crippen molar-refractivity contribution in [3.63, 3.8) is 0 Å². The van der Waals surface area contributed by atoms with Crippen LogP contribution < -0.4 is 10.5 Å². The summed E-state index contributed by atoms with van der Waals surface area (Å²) in [6.45, 7) is 0.503. The van der Waals surface area contributed by atoms with Gasteiger partial charge in [0.05, 0.1) is 41.3 Å². The molecule has 33 heavy (non-hydrogen) atoms. The predicted molar refractivity (Wildman–Crippen MR) is 131 cm³/mol. The maximum absolute atomic E-state index is 6.83. The lowest BCUT2D eigenvalue weighted by Crippen LogP contribution is -2.07. The third kappa shape index (κ3) is 2.93. The Hall–Kier alpha value is -4.39. The monoisotopic (exact) mass is 434 g/mol. The lowest BCUT2D eigenvalue weighted by atomic mass is 10.2. The van der Waals surface area contributed by atoms with Gasteiger partial charge >= 0.3 is 0 Å². The molecule has 6 rings (SSSR count). The van der Waals surface area contributed by atoms with E-state index in [-0.39, 0.29) is 0 Å². The van der Waals surface area contributed by atoms with Gasteiger partial charge in [0.25, 0.3) is 0 Å². The van der Waals surface area contributed by atoms with E-state index in [1.807, 2.05) is 78.3 Å². The maximum Gasteiger partial charge on any atom is 0.162 e. The summed E-state index contributed by atoms with van der Waals surface area (Å²) in [5.41, 5.74) is 13.7. The Labute approximate surface area is 190 Å². The van der Waals surface area contributed by atoms with Gasteiger partial charge in [0, 0.05) is 12.6 Å². The van der Waals surface area contributed by atoms with E-state index < -0.39 is 0 Å². The number of methoxy groups -OCH3 is 1. The molecule has 0 saturated carbocycles. The van der Waals surface area contributed by atoms with E-state index in [4.69, 9.17) is 25.4 Å². The van der Waals surface area contributed by atoms with E-state index in [2.05, 4.69) is 10.6 Å². The zero-order valence-corrected chi connectivity index (χ0v) is 18.4. The van der Waals surface area contributed by atoms with E-state index in [0.29, 0.717) is 12.4 Å². The SMILES string of the molecule is COc1ccccc1Cn1c(N)c(-c2nc3ccccc3n2C)c2nc3ccccc3nc21. The van der Waals surface area contributed by atoms with Gasteiger partial charge in [-0.3, -0.25) is 0 Å². The fraction of sp³-hybridized carbons (Fsp3) is 0.115. The number of imidazole rings is 1. The van der Waals surface area contributed by atoms with Gasteiger partial charge < -0.3 is 19.6 Å². The number of aromatic nitrogens is 5. The Balaban J connectivity index is 1.67. The van der Waals surface area contributed by atoms with Crippen LogP contribution in [0, 0.1) is 0 Å². The minimum Gasteiger partial charge on any atom is -0.496 e. The summed E-state index contributed by atoms with van der Waals surface area (Å²) in [5, 5.41) is 0. The van der Waals surface area contributed by atoms with Crippen LogP contribution >= 0.6 is 0 Å². The molecule has 0 aliphatic rings. The van der Waals surface area contributed by atoms with Crippen LogP contribution in [0.1, 0.15) is 5.56 Å². The van der Waals surface area contributed by atoms with Crippen LogP contribution in [0.25, 0.3) is 44.6 Å². The minimum absolute atomic E-state index is 0.503. The number of hydrogen-bond acceptors (Lipinski definition) is 5. The summed E-state index contributed by atoms with van der Waals surface area (Å²) in [5.74, 6) is 2.14. The lowest BCUT2D eigenvalue weighted by Gasteiger charge is -2.11. The van der Waals surface area contributed by atoms with Gasteiger partial charge in [-0.25, -0.2) is 15.0 Å². The number of ether oxygens (including phenoxy) is 1. The summed E-state index contributed by atoms with van der Waals surface area (Å²) < 4.78 is 9.65. The molecule has 0 amide bonds. The highest BCUT2D eigenvalue weighted by Gasteiger charge is 2.24. The molecule has 3 aromatic heterocycles. The van der Waals surface area contributed by atoms with E-state index in [1.165, 1.54) is 0 Å². The first-order chi connectivity index (χ1) is 16.2. The largest absolute Gasteiger partial charge is 0.496 e. The van der Waals surface area contributed by atoms with Crippen molar-refractivity contribution in [3.05, 3.63) is 78.4 Å². The summed E-state index contributed by atoms with van der Waals surface area (Å²) in [4.78, 5) is 14.9. The second-order valence-corrected chi connectivity index (χ2v) is 8.03. The summed E-state index contributed by atoms with van der Waals surface area (Å²) in [6, 6.07) is 23.8. The number of benzene rings is 3. The number of nitrogens with two attached hydrogens (primary N) is 1. The molecule has 7 heteroatoms. The molecule has 0 bridgehead atoms. The van der Waals surface area contributed by atoms with Crippen LogP contribution in [0.2, 0.25) is 0 Å². The van der Waals surface area contributed by atoms with E-state index in [1.54, 1.807) is 7.11 Å². The summed E-state index contributed by atoms with van der Waals surface area (Å²) in [7, 11) is 3.68. The molecule has 0 fully saturated rings. The van der Waals surface area contributed by atoms with Crippen LogP contribution in [0.3, 0.4) is 0 Å². The van der Waals surface area contributed by atoms with Crippen molar-refractivity contribution < 1.29 is 4.74 Å². The first-order valence-electron chi connectivity index (χ1n) is 10.7. The number of aryl methyl sites for hydroxylation is 1. The van der Waals surface area contributed by atoms with Crippen molar-refractivity contribution in [2.24, 2.45) is 7.05 Å². The molecule has 6 aromatic rings. The minimum atomic E-state index is 0.503. The molecule has 3 aromatic carbocycles. The molecule has 3 heterocycles. The predicted octanol–water partition coefficient (Wildman–Crippen LogP) is 4.78. The number of fused-ring (bicyclic) bond motifs is 3. The van der Waals surface area contributed by atoms with Crippen molar-refractivity contribution >= 4 is 39.0 Å². The van der Waals surface area contributed by atoms with Gasteiger partial charge in [-0.1, -0.05) is 42.5 Å². The third-order valence-electron chi connectivity index (χ3n) is 6.12. The number of nitrogens with zero attached hydrogens (tertiary/aromatic N) is 5. The van der Waals surface area contributed by atoms with Crippen molar-refractivity contribution in [2.45, 2.75) is 6.54 Å². The average molecular weight is 435 g/mol. The zero-order chi connectivity index (χ0) is 22.5. The van der Waals surface area contributed by atoms with Crippen LogP contribution in [0.15, 0.2) is 72.8 Å². The number of para-hydroxylation sites is 5. The number of hydrogen-bond donors (Lipinski definition) is 1. The molecule has 0 saturated heterocycles. The Morgan fingerprint density at radius 3 is 2.24 bits per heavy atom. The van der Waals surface area contributed by atoms with Crippen LogP contribution in [0.5, 0.6) is 5.75 Å². The van der Waals surface area contributed by atoms with Crippen molar-refractivity contribution in [3.8, 4) is 17.1 Å². The Bertz CT molecular complexity index is 1660. The van der Waals surface area contributed by atoms with E-state index in [9.17, 15) is 0 Å². The standard InChI is InChI=1S/C26H22N6O/c1-31-20-13-7-6-12-19(20)30-25(31)22-23-26(29-18-11-5-4-10-17(18)28-23)32(24(22)27)15-16-9-3-8-14-21(16)33-2/h3-14H,15,27H2,1-2H3. The molecule has 0 radical (unpaired) electrons. The molecule has 0 atom stereocenters. The highest BCUT2D eigenvalue weighted by molar-refractivity contribution is 6.01. The van der Waals surface area contributed by atoms with Gasteiger partial charge in [-0.2, -0.15) is 0 Å². The number of anilines is 1. The smallest absolute Gasteiger partial charge is 0.162 e. The van der Waals surface area contributed by atoms with E-state index in [0.717, 1.165) is 55.9 Å². The molecule has 0 aliphatic carbocycles. The quantitative estimate of drug-likeness (QED) is 0.432. The van der Waals surface area contributed by atoms with Crippen molar-refractivity contribution in [1.29, 1.82) is 0 Å². The third-order valence-corrected chi connectivity index (χ3v) is 6.12. The van der Waals surface area contributed by atoms with Crippen LogP contribution in [-0.2, 0) is 13.6 Å².